The van der Waals surface area contributed by atoms with Gasteiger partial charge in [-0.3, -0.25) is 5.21 Å². The zero-order valence-corrected chi connectivity index (χ0v) is 8.91. The van der Waals surface area contributed by atoms with Crippen LogP contribution in [0.5, 0.6) is 0 Å². The molecule has 15 heavy (non-hydrogen) atoms. The normalized spacial score (nSPS) is 10.6. The molecule has 1 aromatic carbocycles. The zero-order chi connectivity index (χ0) is 10.8. The largest absolute Gasteiger partial charge is 0.733 e. The Balaban J connectivity index is 2.43. The minimum atomic E-state index is -0.161. The van der Waals surface area contributed by atoms with Crippen LogP contribution < -0.4 is 10.5 Å². The first-order valence-electron chi connectivity index (χ1n) is 4.51. The van der Waals surface area contributed by atoms with Gasteiger partial charge in [0.15, 0.2) is 5.13 Å². The first-order chi connectivity index (χ1) is 7.20. The molecule has 5 nitrogen and oxygen atoms in total. The predicted octanol–water partition coefficient (Wildman–Crippen LogP) is 2.42. The van der Waals surface area contributed by atoms with Crippen LogP contribution in [-0.4, -0.2) is 16.7 Å². The fourth-order valence-corrected chi connectivity index (χ4v) is 2.18. The van der Waals surface area contributed by atoms with Crippen molar-refractivity contribution < 1.29 is 5.21 Å². The van der Waals surface area contributed by atoms with Crippen molar-refractivity contribution >= 4 is 32.4 Å². The number of aromatic nitrogens is 1. The van der Waals surface area contributed by atoms with Crippen LogP contribution in [0.1, 0.15) is 6.92 Å². The molecule has 2 aromatic rings. The highest BCUT2D eigenvalue weighted by Crippen LogP contribution is 2.28. The molecule has 80 valence electrons. The van der Waals surface area contributed by atoms with E-state index in [-0.39, 0.29) is 10.9 Å². The molecule has 0 saturated carbocycles. The number of rotatable bonds is 3. The molecule has 1 heterocycles. The summed E-state index contributed by atoms with van der Waals surface area (Å²) in [5.74, 6) is 0. The molecule has 6 heteroatoms. The van der Waals surface area contributed by atoms with Gasteiger partial charge in [-0.05, 0) is 25.1 Å². The predicted molar refractivity (Wildman–Crippen MR) is 61.4 cm³/mol. The molecule has 2 rings (SSSR count). The topological polar surface area (TPSA) is 71.5 Å². The number of nitrogens with zero attached hydrogens (tertiary/aromatic N) is 2. The first-order valence-corrected chi connectivity index (χ1v) is 5.33. The van der Waals surface area contributed by atoms with Crippen molar-refractivity contribution in [3.05, 3.63) is 23.4 Å². The molecular weight excluding hydrogens is 214 g/mol. The molecule has 0 saturated heterocycles. The summed E-state index contributed by atoms with van der Waals surface area (Å²) in [6.45, 7) is 2.80. The lowest BCUT2D eigenvalue weighted by Crippen LogP contribution is -2.06. The summed E-state index contributed by atoms with van der Waals surface area (Å²) >= 11 is 1.52. The molecule has 0 atom stereocenters. The van der Waals surface area contributed by atoms with Crippen molar-refractivity contribution in [3.8, 4) is 0 Å². The van der Waals surface area contributed by atoms with Gasteiger partial charge >= 0.3 is 0 Å². The van der Waals surface area contributed by atoms with Gasteiger partial charge in [-0.2, -0.15) is 0 Å². The van der Waals surface area contributed by atoms with Crippen LogP contribution in [0.15, 0.2) is 18.2 Å². The second-order valence-electron chi connectivity index (χ2n) is 2.97. The smallest absolute Gasteiger partial charge is 0.183 e. The monoisotopic (exact) mass is 224 g/mol. The van der Waals surface area contributed by atoms with Crippen molar-refractivity contribution in [2.45, 2.75) is 6.92 Å². The van der Waals surface area contributed by atoms with Crippen LogP contribution in [0.25, 0.3) is 10.2 Å². The summed E-state index contributed by atoms with van der Waals surface area (Å²) < 4.78 is 0.983. The molecule has 0 aliphatic rings. The fourth-order valence-electron chi connectivity index (χ4n) is 1.26. The maximum absolute atomic E-state index is 10.7. The van der Waals surface area contributed by atoms with Gasteiger partial charge in [0.2, 0.25) is 0 Å². The third kappa shape index (κ3) is 2.01. The standard InChI is InChI=1S/C9H10N3O2S/c1-2-10-9-11-7-5-6(12(13)14)3-4-8(7)15-9/h3-5,13H,2H2,1H3,(H,10,11)/q-1. The Morgan fingerprint density at radius 3 is 3.07 bits per heavy atom. The van der Waals surface area contributed by atoms with Gasteiger partial charge in [0, 0.05) is 6.54 Å². The SMILES string of the molecule is CCNc1nc2cc(N([O-])O)ccc2s1. The van der Waals surface area contributed by atoms with Gasteiger partial charge in [-0.1, -0.05) is 11.3 Å². The summed E-state index contributed by atoms with van der Waals surface area (Å²) in [7, 11) is 0. The van der Waals surface area contributed by atoms with E-state index >= 15 is 0 Å². The number of hydrogen-bond acceptors (Lipinski definition) is 6. The van der Waals surface area contributed by atoms with E-state index in [2.05, 4.69) is 10.3 Å². The second-order valence-corrected chi connectivity index (χ2v) is 4.00. The van der Waals surface area contributed by atoms with Crippen molar-refractivity contribution in [2.75, 3.05) is 17.1 Å². The van der Waals surface area contributed by atoms with Gasteiger partial charge in [-0.15, -0.1) is 0 Å². The molecule has 0 radical (unpaired) electrons. The van der Waals surface area contributed by atoms with E-state index in [1.807, 2.05) is 6.92 Å². The molecule has 2 N–H and O–H groups in total. The molecule has 0 fully saturated rings. The second kappa shape index (κ2) is 4.01. The van der Waals surface area contributed by atoms with E-state index < -0.39 is 0 Å². The van der Waals surface area contributed by atoms with E-state index in [1.165, 1.54) is 11.3 Å². The maximum atomic E-state index is 10.7. The van der Waals surface area contributed by atoms with E-state index in [4.69, 9.17) is 5.21 Å². The van der Waals surface area contributed by atoms with Crippen molar-refractivity contribution in [2.24, 2.45) is 0 Å². The fraction of sp³-hybridized carbons (Fsp3) is 0.222. The summed E-state index contributed by atoms with van der Waals surface area (Å²) in [6, 6.07) is 4.88. The van der Waals surface area contributed by atoms with Gasteiger partial charge in [0.25, 0.3) is 0 Å². The quantitative estimate of drug-likeness (QED) is 0.783. The minimum absolute atomic E-state index is 0.161. The third-order valence-electron chi connectivity index (χ3n) is 1.92. The Kier molecular flexibility index (Phi) is 2.72. The van der Waals surface area contributed by atoms with Crippen molar-refractivity contribution in [1.82, 2.24) is 4.98 Å². The van der Waals surface area contributed by atoms with Crippen LogP contribution in [-0.2, 0) is 0 Å². The number of anilines is 2. The van der Waals surface area contributed by atoms with Gasteiger partial charge in [0.05, 0.1) is 15.9 Å². The summed E-state index contributed by atoms with van der Waals surface area (Å²) in [4.78, 5) is 4.28. The molecular formula is C9H10N3O2S-. The Morgan fingerprint density at radius 1 is 1.60 bits per heavy atom. The number of fused-ring (bicyclic) bond motifs is 1. The number of hydrogen-bond donors (Lipinski definition) is 2. The van der Waals surface area contributed by atoms with E-state index in [0.29, 0.717) is 5.52 Å². The Labute approximate surface area is 90.5 Å². The van der Waals surface area contributed by atoms with Crippen molar-refractivity contribution in [1.29, 1.82) is 0 Å². The highest BCUT2D eigenvalue weighted by atomic mass is 32.1. The first kappa shape index (κ1) is 10.2. The highest BCUT2D eigenvalue weighted by Gasteiger charge is 2.03. The number of nitrogens with one attached hydrogen (secondary N) is 1. The van der Waals surface area contributed by atoms with Gasteiger partial charge in [-0.25, -0.2) is 4.98 Å². The Morgan fingerprint density at radius 2 is 2.40 bits per heavy atom. The maximum Gasteiger partial charge on any atom is 0.183 e. The molecule has 0 amide bonds. The molecule has 0 aliphatic carbocycles. The lowest BCUT2D eigenvalue weighted by atomic mass is 10.3. The summed E-state index contributed by atoms with van der Waals surface area (Å²) in [6.07, 6.45) is 0. The van der Waals surface area contributed by atoms with Crippen LogP contribution in [0.4, 0.5) is 10.8 Å². The van der Waals surface area contributed by atoms with E-state index in [9.17, 15) is 5.21 Å². The lowest BCUT2D eigenvalue weighted by Gasteiger charge is -2.20. The van der Waals surface area contributed by atoms with E-state index in [0.717, 1.165) is 16.4 Å². The minimum Gasteiger partial charge on any atom is -0.733 e. The van der Waals surface area contributed by atoms with Crippen molar-refractivity contribution in [3.63, 3.8) is 0 Å². The Hall–Kier alpha value is -1.37. The van der Waals surface area contributed by atoms with Crippen LogP contribution in [0.3, 0.4) is 0 Å². The zero-order valence-electron chi connectivity index (χ0n) is 8.10. The van der Waals surface area contributed by atoms with Crippen LogP contribution in [0.2, 0.25) is 0 Å². The summed E-state index contributed by atoms with van der Waals surface area (Å²) in [5, 5.41) is 23.1. The number of thiazole rings is 1. The lowest BCUT2D eigenvalue weighted by molar-refractivity contribution is 0.296. The highest BCUT2D eigenvalue weighted by molar-refractivity contribution is 7.22. The van der Waals surface area contributed by atoms with Crippen LogP contribution in [0, 0.1) is 5.21 Å². The van der Waals surface area contributed by atoms with Gasteiger partial charge in [0.1, 0.15) is 0 Å². The molecule has 0 aliphatic heterocycles. The molecule has 0 bridgehead atoms. The van der Waals surface area contributed by atoms with Crippen LogP contribution >= 0.6 is 11.3 Å². The third-order valence-corrected chi connectivity index (χ3v) is 2.91. The molecule has 0 spiro atoms. The average molecular weight is 224 g/mol. The molecule has 1 aromatic heterocycles. The number of benzene rings is 1. The average Bonchev–Trinajstić information content (AvgIpc) is 2.59. The Bertz CT molecular complexity index is 469. The summed E-state index contributed by atoms with van der Waals surface area (Å²) in [5.41, 5.74) is 0.902. The van der Waals surface area contributed by atoms with Gasteiger partial charge < -0.3 is 15.8 Å². The molecule has 0 unspecified atom stereocenters. The van der Waals surface area contributed by atoms with E-state index in [1.54, 1.807) is 18.2 Å².